The molecule has 0 radical (unpaired) electrons. The Hall–Kier alpha value is -2.36. The highest BCUT2D eigenvalue weighted by atomic mass is 16.2. The Labute approximate surface area is 154 Å². The van der Waals surface area contributed by atoms with Crippen molar-refractivity contribution in [2.45, 2.75) is 32.1 Å². The molecule has 2 amide bonds. The molecule has 4 rings (SSSR count). The van der Waals surface area contributed by atoms with Crippen LogP contribution in [0.1, 0.15) is 31.2 Å². The number of benzene rings is 2. The minimum atomic E-state index is 0.161. The Kier molecular flexibility index (Phi) is 4.91. The minimum Gasteiger partial charge on any atom is -0.339 e. The van der Waals surface area contributed by atoms with Gasteiger partial charge in [0.25, 0.3) is 0 Å². The first kappa shape index (κ1) is 17.1. The lowest BCUT2D eigenvalue weighted by atomic mass is 10.0. The SMILES string of the molecule is O=C(Cc1cccc2ccccc12)N1CCN(C(=O)C2CCCC2)CC1. The van der Waals surface area contributed by atoms with Gasteiger partial charge in [0.05, 0.1) is 6.42 Å². The van der Waals surface area contributed by atoms with Gasteiger partial charge in [-0.15, -0.1) is 0 Å². The normalized spacial score (nSPS) is 18.5. The Morgan fingerprint density at radius 2 is 1.50 bits per heavy atom. The van der Waals surface area contributed by atoms with E-state index < -0.39 is 0 Å². The van der Waals surface area contributed by atoms with Crippen molar-refractivity contribution >= 4 is 22.6 Å². The summed E-state index contributed by atoms with van der Waals surface area (Å²) in [6, 6.07) is 14.3. The van der Waals surface area contributed by atoms with Crippen LogP contribution < -0.4 is 0 Å². The molecule has 26 heavy (non-hydrogen) atoms. The van der Waals surface area contributed by atoms with Crippen LogP contribution >= 0.6 is 0 Å². The third kappa shape index (κ3) is 3.46. The molecular weight excluding hydrogens is 324 g/mol. The molecule has 0 atom stereocenters. The van der Waals surface area contributed by atoms with Crippen LogP contribution in [0, 0.1) is 5.92 Å². The van der Waals surface area contributed by atoms with Gasteiger partial charge in [0.2, 0.25) is 11.8 Å². The standard InChI is InChI=1S/C22H26N2O2/c25-21(16-19-10-5-9-17-6-3-4-11-20(17)19)23-12-14-24(15-13-23)22(26)18-7-1-2-8-18/h3-6,9-11,18H,1-2,7-8,12-16H2. The molecule has 4 heteroatoms. The van der Waals surface area contributed by atoms with Gasteiger partial charge in [-0.3, -0.25) is 9.59 Å². The Morgan fingerprint density at radius 3 is 2.27 bits per heavy atom. The smallest absolute Gasteiger partial charge is 0.227 e. The Balaban J connectivity index is 1.37. The summed E-state index contributed by atoms with van der Waals surface area (Å²) in [5.74, 6) is 0.700. The number of carbonyl (C=O) groups excluding carboxylic acids is 2. The predicted octanol–water partition coefficient (Wildman–Crippen LogP) is 3.24. The van der Waals surface area contributed by atoms with E-state index in [2.05, 4.69) is 18.2 Å². The summed E-state index contributed by atoms with van der Waals surface area (Å²) in [5.41, 5.74) is 1.08. The molecule has 2 aliphatic rings. The van der Waals surface area contributed by atoms with Crippen molar-refractivity contribution < 1.29 is 9.59 Å². The van der Waals surface area contributed by atoms with Gasteiger partial charge in [0, 0.05) is 32.1 Å². The molecule has 0 spiro atoms. The Morgan fingerprint density at radius 1 is 0.846 bits per heavy atom. The first-order valence-corrected chi connectivity index (χ1v) is 9.75. The van der Waals surface area contributed by atoms with Gasteiger partial charge in [-0.05, 0) is 29.2 Å². The highest BCUT2D eigenvalue weighted by Gasteiger charge is 2.30. The van der Waals surface area contributed by atoms with Crippen LogP contribution in [0.25, 0.3) is 10.8 Å². The number of nitrogens with zero attached hydrogens (tertiary/aromatic N) is 2. The molecule has 0 aromatic heterocycles. The largest absolute Gasteiger partial charge is 0.339 e. The van der Waals surface area contributed by atoms with Crippen LogP contribution in [0.4, 0.5) is 0 Å². The summed E-state index contributed by atoms with van der Waals surface area (Å²) in [5, 5.41) is 2.32. The van der Waals surface area contributed by atoms with E-state index in [-0.39, 0.29) is 11.8 Å². The third-order valence-electron chi connectivity index (χ3n) is 5.87. The second-order valence-corrected chi connectivity index (χ2v) is 7.50. The van der Waals surface area contributed by atoms with E-state index in [4.69, 9.17) is 0 Å². The lowest BCUT2D eigenvalue weighted by Gasteiger charge is -2.36. The lowest BCUT2D eigenvalue weighted by molar-refractivity contribution is -0.141. The fourth-order valence-electron chi connectivity index (χ4n) is 4.33. The van der Waals surface area contributed by atoms with Crippen LogP contribution in [0.2, 0.25) is 0 Å². The number of rotatable bonds is 3. The van der Waals surface area contributed by atoms with Crippen LogP contribution in [-0.2, 0) is 16.0 Å². The maximum Gasteiger partial charge on any atom is 0.227 e. The average molecular weight is 350 g/mol. The van der Waals surface area contributed by atoms with E-state index in [9.17, 15) is 9.59 Å². The van der Waals surface area contributed by atoms with Crippen molar-refractivity contribution in [1.29, 1.82) is 0 Å². The first-order valence-electron chi connectivity index (χ1n) is 9.75. The molecule has 136 valence electrons. The fourth-order valence-corrected chi connectivity index (χ4v) is 4.33. The molecule has 1 saturated heterocycles. The monoisotopic (exact) mass is 350 g/mol. The highest BCUT2D eigenvalue weighted by molar-refractivity contribution is 5.90. The summed E-state index contributed by atoms with van der Waals surface area (Å²) >= 11 is 0. The molecule has 1 heterocycles. The number of carbonyl (C=O) groups is 2. The molecule has 2 fully saturated rings. The van der Waals surface area contributed by atoms with Crippen LogP contribution in [-0.4, -0.2) is 47.8 Å². The summed E-state index contributed by atoms with van der Waals surface area (Å²) in [6.45, 7) is 2.66. The topological polar surface area (TPSA) is 40.6 Å². The number of fused-ring (bicyclic) bond motifs is 1. The first-order chi connectivity index (χ1) is 12.7. The quantitative estimate of drug-likeness (QED) is 0.853. The second kappa shape index (κ2) is 7.48. The molecule has 0 unspecified atom stereocenters. The molecule has 1 saturated carbocycles. The number of piperazine rings is 1. The molecule has 2 aromatic rings. The van der Waals surface area contributed by atoms with Gasteiger partial charge in [-0.1, -0.05) is 55.3 Å². The zero-order valence-electron chi connectivity index (χ0n) is 15.2. The van der Waals surface area contributed by atoms with Crippen molar-refractivity contribution in [1.82, 2.24) is 9.80 Å². The van der Waals surface area contributed by atoms with Crippen molar-refractivity contribution in [2.24, 2.45) is 5.92 Å². The van der Waals surface area contributed by atoms with Gasteiger partial charge < -0.3 is 9.80 Å². The number of amides is 2. The molecule has 0 N–H and O–H groups in total. The summed E-state index contributed by atoms with van der Waals surface area (Å²) in [6.07, 6.45) is 4.87. The van der Waals surface area contributed by atoms with Gasteiger partial charge >= 0.3 is 0 Å². The zero-order chi connectivity index (χ0) is 17.9. The lowest BCUT2D eigenvalue weighted by Crippen LogP contribution is -2.52. The molecular formula is C22H26N2O2. The van der Waals surface area contributed by atoms with E-state index in [1.807, 2.05) is 34.1 Å². The van der Waals surface area contributed by atoms with Crippen molar-refractivity contribution in [3.05, 3.63) is 48.0 Å². The predicted molar refractivity (Wildman–Crippen MR) is 103 cm³/mol. The summed E-state index contributed by atoms with van der Waals surface area (Å²) in [4.78, 5) is 29.2. The van der Waals surface area contributed by atoms with Crippen LogP contribution in [0.5, 0.6) is 0 Å². The van der Waals surface area contributed by atoms with E-state index in [0.717, 1.165) is 23.8 Å². The van der Waals surface area contributed by atoms with Gasteiger partial charge in [-0.2, -0.15) is 0 Å². The average Bonchev–Trinajstić information content (AvgIpc) is 3.23. The summed E-state index contributed by atoms with van der Waals surface area (Å²) < 4.78 is 0. The number of hydrogen-bond acceptors (Lipinski definition) is 2. The van der Waals surface area contributed by atoms with Crippen LogP contribution in [0.15, 0.2) is 42.5 Å². The van der Waals surface area contributed by atoms with Gasteiger partial charge in [0.15, 0.2) is 0 Å². The maximum absolute atomic E-state index is 12.8. The maximum atomic E-state index is 12.8. The summed E-state index contributed by atoms with van der Waals surface area (Å²) in [7, 11) is 0. The van der Waals surface area contributed by atoms with Gasteiger partial charge in [0.1, 0.15) is 0 Å². The highest BCUT2D eigenvalue weighted by Crippen LogP contribution is 2.27. The van der Waals surface area contributed by atoms with Crippen molar-refractivity contribution in [2.75, 3.05) is 26.2 Å². The van der Waals surface area contributed by atoms with E-state index in [1.54, 1.807) is 0 Å². The molecule has 0 bridgehead atoms. The van der Waals surface area contributed by atoms with Gasteiger partial charge in [-0.25, -0.2) is 0 Å². The van der Waals surface area contributed by atoms with Crippen LogP contribution in [0.3, 0.4) is 0 Å². The molecule has 2 aromatic carbocycles. The molecule has 1 aliphatic heterocycles. The van der Waals surface area contributed by atoms with E-state index in [1.165, 1.54) is 18.2 Å². The minimum absolute atomic E-state index is 0.161. The molecule has 1 aliphatic carbocycles. The van der Waals surface area contributed by atoms with Crippen molar-refractivity contribution in [3.63, 3.8) is 0 Å². The number of hydrogen-bond donors (Lipinski definition) is 0. The zero-order valence-corrected chi connectivity index (χ0v) is 15.2. The van der Waals surface area contributed by atoms with Crippen molar-refractivity contribution in [3.8, 4) is 0 Å². The van der Waals surface area contributed by atoms with E-state index in [0.29, 0.717) is 38.5 Å². The van der Waals surface area contributed by atoms with E-state index >= 15 is 0 Å². The Bertz CT molecular complexity index is 797. The second-order valence-electron chi connectivity index (χ2n) is 7.50. The molecule has 4 nitrogen and oxygen atoms in total. The third-order valence-corrected chi connectivity index (χ3v) is 5.87. The fraction of sp³-hybridized carbons (Fsp3) is 0.455.